The van der Waals surface area contributed by atoms with E-state index >= 15 is 0 Å². The number of nitrogens with zero attached hydrogens (tertiary/aromatic N) is 1. The number of rotatable bonds is 5. The van der Waals surface area contributed by atoms with Gasteiger partial charge in [-0.2, -0.15) is 0 Å². The predicted molar refractivity (Wildman–Crippen MR) is 68.2 cm³/mol. The maximum absolute atomic E-state index is 5.56. The van der Waals surface area contributed by atoms with Crippen LogP contribution < -0.4 is 5.32 Å². The summed E-state index contributed by atoms with van der Waals surface area (Å²) in [6, 6.07) is 0.540. The van der Waals surface area contributed by atoms with Crippen molar-refractivity contribution in [3.8, 4) is 0 Å². The Morgan fingerprint density at radius 2 is 2.29 bits per heavy atom. The van der Waals surface area contributed by atoms with Crippen LogP contribution >= 0.6 is 0 Å². The summed E-state index contributed by atoms with van der Waals surface area (Å²) in [5.41, 5.74) is 0. The number of likely N-dealkylation sites (N-methyl/N-ethyl adjacent to an activating group) is 1. The van der Waals surface area contributed by atoms with Gasteiger partial charge in [0.2, 0.25) is 0 Å². The fourth-order valence-corrected chi connectivity index (χ4v) is 3.12. The first-order valence-electron chi connectivity index (χ1n) is 6.79. The maximum Gasteiger partial charge on any atom is 0.0623 e. The van der Waals surface area contributed by atoms with Gasteiger partial charge < -0.3 is 19.7 Å². The van der Waals surface area contributed by atoms with Crippen LogP contribution in [0.5, 0.6) is 0 Å². The van der Waals surface area contributed by atoms with E-state index in [0.717, 1.165) is 25.7 Å². The number of methoxy groups -OCH3 is 1. The van der Waals surface area contributed by atoms with Crippen molar-refractivity contribution < 1.29 is 9.47 Å². The number of hydrogen-bond acceptors (Lipinski definition) is 4. The molecule has 0 amide bonds. The average molecular weight is 242 g/mol. The largest absolute Gasteiger partial charge is 0.384 e. The van der Waals surface area contributed by atoms with Crippen molar-refractivity contribution >= 4 is 0 Å². The Morgan fingerprint density at radius 3 is 3.06 bits per heavy atom. The van der Waals surface area contributed by atoms with Crippen molar-refractivity contribution in [2.24, 2.45) is 11.8 Å². The smallest absolute Gasteiger partial charge is 0.0623 e. The van der Waals surface area contributed by atoms with E-state index in [9.17, 15) is 0 Å². The van der Waals surface area contributed by atoms with E-state index in [2.05, 4.69) is 10.2 Å². The van der Waals surface area contributed by atoms with Gasteiger partial charge in [0.05, 0.1) is 19.8 Å². The van der Waals surface area contributed by atoms with E-state index < -0.39 is 0 Å². The minimum atomic E-state index is 0.540. The SMILES string of the molecule is CNC1COCC1CN1CCCC(COC)C1. The Labute approximate surface area is 105 Å². The van der Waals surface area contributed by atoms with E-state index in [1.165, 1.54) is 32.5 Å². The van der Waals surface area contributed by atoms with Crippen LogP contribution in [0.1, 0.15) is 12.8 Å². The van der Waals surface area contributed by atoms with Crippen molar-refractivity contribution in [3.05, 3.63) is 0 Å². The molecule has 0 aliphatic carbocycles. The van der Waals surface area contributed by atoms with E-state index in [1.54, 1.807) is 7.11 Å². The first-order valence-corrected chi connectivity index (χ1v) is 6.79. The lowest BCUT2D eigenvalue weighted by Gasteiger charge is -2.34. The average Bonchev–Trinajstić information content (AvgIpc) is 2.77. The van der Waals surface area contributed by atoms with Crippen LogP contribution in [0.2, 0.25) is 0 Å². The lowest BCUT2D eigenvalue weighted by molar-refractivity contribution is 0.0790. The minimum Gasteiger partial charge on any atom is -0.384 e. The van der Waals surface area contributed by atoms with Gasteiger partial charge in [0.15, 0.2) is 0 Å². The van der Waals surface area contributed by atoms with Crippen molar-refractivity contribution in [2.45, 2.75) is 18.9 Å². The van der Waals surface area contributed by atoms with Crippen LogP contribution in [0.3, 0.4) is 0 Å². The van der Waals surface area contributed by atoms with Gasteiger partial charge in [-0.3, -0.25) is 0 Å². The van der Waals surface area contributed by atoms with Crippen LogP contribution in [0.4, 0.5) is 0 Å². The van der Waals surface area contributed by atoms with Crippen LogP contribution in [0.25, 0.3) is 0 Å². The summed E-state index contributed by atoms with van der Waals surface area (Å²) in [5, 5.41) is 3.36. The molecule has 3 atom stereocenters. The molecular weight excluding hydrogens is 216 g/mol. The second-order valence-electron chi connectivity index (χ2n) is 5.42. The highest BCUT2D eigenvalue weighted by molar-refractivity contribution is 4.84. The number of piperidine rings is 1. The molecule has 0 spiro atoms. The Hall–Kier alpha value is -0.160. The van der Waals surface area contributed by atoms with Gasteiger partial charge in [0.1, 0.15) is 0 Å². The van der Waals surface area contributed by atoms with Crippen molar-refractivity contribution in [2.75, 3.05) is 53.6 Å². The summed E-state index contributed by atoms with van der Waals surface area (Å²) in [6.07, 6.45) is 2.63. The van der Waals surface area contributed by atoms with Gasteiger partial charge >= 0.3 is 0 Å². The van der Waals surface area contributed by atoms with Gasteiger partial charge in [-0.15, -0.1) is 0 Å². The molecule has 0 radical (unpaired) electrons. The lowest BCUT2D eigenvalue weighted by atomic mass is 9.96. The van der Waals surface area contributed by atoms with Crippen LogP contribution in [-0.2, 0) is 9.47 Å². The number of ether oxygens (including phenoxy) is 2. The Kier molecular flexibility index (Phi) is 5.22. The molecule has 17 heavy (non-hydrogen) atoms. The highest BCUT2D eigenvalue weighted by Gasteiger charge is 2.30. The maximum atomic E-state index is 5.56. The predicted octanol–water partition coefficient (Wildman–Crippen LogP) is 0.579. The van der Waals surface area contributed by atoms with E-state index in [-0.39, 0.29) is 0 Å². The second-order valence-corrected chi connectivity index (χ2v) is 5.42. The third-order valence-corrected chi connectivity index (χ3v) is 4.07. The molecule has 0 aromatic carbocycles. The van der Waals surface area contributed by atoms with Gasteiger partial charge in [0, 0.05) is 32.2 Å². The zero-order chi connectivity index (χ0) is 12.1. The summed E-state index contributed by atoms with van der Waals surface area (Å²) < 4.78 is 10.8. The molecular formula is C13H26N2O2. The summed E-state index contributed by atoms with van der Waals surface area (Å²) in [4.78, 5) is 2.59. The molecule has 2 aliphatic heterocycles. The molecule has 0 saturated carbocycles. The van der Waals surface area contributed by atoms with Crippen molar-refractivity contribution in [1.82, 2.24) is 10.2 Å². The summed E-state index contributed by atoms with van der Waals surface area (Å²) >= 11 is 0. The van der Waals surface area contributed by atoms with Gasteiger partial charge in [-0.25, -0.2) is 0 Å². The van der Waals surface area contributed by atoms with Crippen LogP contribution in [-0.4, -0.2) is 64.6 Å². The highest BCUT2D eigenvalue weighted by atomic mass is 16.5. The van der Waals surface area contributed by atoms with Crippen LogP contribution in [0.15, 0.2) is 0 Å². The molecule has 100 valence electrons. The van der Waals surface area contributed by atoms with Gasteiger partial charge in [-0.05, 0) is 32.4 Å². The highest BCUT2D eigenvalue weighted by Crippen LogP contribution is 2.21. The Balaban J connectivity index is 1.77. The van der Waals surface area contributed by atoms with E-state index in [0.29, 0.717) is 12.0 Å². The first-order chi connectivity index (χ1) is 8.33. The topological polar surface area (TPSA) is 33.7 Å². The number of hydrogen-bond donors (Lipinski definition) is 1. The Morgan fingerprint density at radius 1 is 1.41 bits per heavy atom. The van der Waals surface area contributed by atoms with Gasteiger partial charge in [-0.1, -0.05) is 0 Å². The molecule has 0 bridgehead atoms. The molecule has 2 heterocycles. The number of likely N-dealkylation sites (tertiary alicyclic amines) is 1. The quantitative estimate of drug-likeness (QED) is 0.764. The third kappa shape index (κ3) is 3.65. The molecule has 0 aromatic heterocycles. The lowest BCUT2D eigenvalue weighted by Crippen LogP contribution is -2.44. The normalized spacial score (nSPS) is 35.3. The standard InChI is InChI=1S/C13H26N2O2/c1-14-13-10-17-9-12(13)7-15-5-3-4-11(6-15)8-16-2/h11-14H,3-10H2,1-2H3. The summed E-state index contributed by atoms with van der Waals surface area (Å²) in [6.45, 7) is 6.31. The Bertz CT molecular complexity index is 223. The minimum absolute atomic E-state index is 0.540. The van der Waals surface area contributed by atoms with Crippen LogP contribution in [0, 0.1) is 11.8 Å². The van der Waals surface area contributed by atoms with E-state index in [1.807, 2.05) is 7.05 Å². The molecule has 4 nitrogen and oxygen atoms in total. The first kappa shape index (κ1) is 13.3. The molecule has 1 N–H and O–H groups in total. The molecule has 0 aromatic rings. The third-order valence-electron chi connectivity index (χ3n) is 4.07. The second kappa shape index (κ2) is 6.69. The fourth-order valence-electron chi connectivity index (χ4n) is 3.12. The molecule has 2 rings (SSSR count). The molecule has 2 aliphatic rings. The zero-order valence-electron chi connectivity index (χ0n) is 11.2. The van der Waals surface area contributed by atoms with Crippen molar-refractivity contribution in [1.29, 1.82) is 0 Å². The van der Waals surface area contributed by atoms with E-state index in [4.69, 9.17) is 9.47 Å². The molecule has 3 unspecified atom stereocenters. The fraction of sp³-hybridized carbons (Fsp3) is 1.00. The number of nitrogens with one attached hydrogen (secondary N) is 1. The summed E-state index contributed by atoms with van der Waals surface area (Å²) in [7, 11) is 3.84. The molecule has 4 heteroatoms. The monoisotopic (exact) mass is 242 g/mol. The van der Waals surface area contributed by atoms with Gasteiger partial charge in [0.25, 0.3) is 0 Å². The van der Waals surface area contributed by atoms with Crippen molar-refractivity contribution in [3.63, 3.8) is 0 Å². The molecule has 2 fully saturated rings. The summed E-state index contributed by atoms with van der Waals surface area (Å²) in [5.74, 6) is 1.38. The molecule has 2 saturated heterocycles. The zero-order valence-corrected chi connectivity index (χ0v) is 11.2.